The number of halogens is 1. The first-order valence-electron chi connectivity index (χ1n) is 6.19. The molecular weight excluding hydrogens is 271 g/mol. The summed E-state index contributed by atoms with van der Waals surface area (Å²) in [5.41, 5.74) is 1.18. The fourth-order valence-corrected chi connectivity index (χ4v) is 1.96. The van der Waals surface area contributed by atoms with E-state index < -0.39 is 5.82 Å². The number of aromatic nitrogens is 3. The summed E-state index contributed by atoms with van der Waals surface area (Å²) in [5, 5.41) is 14.9. The number of nitriles is 1. The van der Waals surface area contributed by atoms with Crippen molar-refractivity contribution in [2.75, 3.05) is 17.7 Å². The van der Waals surface area contributed by atoms with Crippen LogP contribution in [0.3, 0.4) is 0 Å². The molecule has 3 rings (SSSR count). The molecule has 0 saturated carbocycles. The summed E-state index contributed by atoms with van der Waals surface area (Å²) in [6.45, 7) is 0. The number of imidazole rings is 1. The van der Waals surface area contributed by atoms with Crippen LogP contribution in [-0.2, 0) is 0 Å². The third-order valence-electron chi connectivity index (χ3n) is 2.98. The van der Waals surface area contributed by atoms with Gasteiger partial charge >= 0.3 is 0 Å². The van der Waals surface area contributed by atoms with E-state index in [1.54, 1.807) is 31.7 Å². The molecule has 2 aromatic heterocycles. The van der Waals surface area contributed by atoms with Gasteiger partial charge in [-0.15, -0.1) is 0 Å². The van der Waals surface area contributed by atoms with E-state index in [9.17, 15) is 4.39 Å². The molecule has 0 unspecified atom stereocenters. The molecule has 0 spiro atoms. The Bertz CT molecular complexity index is 848. The van der Waals surface area contributed by atoms with Crippen LogP contribution in [0.1, 0.15) is 5.56 Å². The number of anilines is 3. The van der Waals surface area contributed by atoms with Gasteiger partial charge in [0.2, 0.25) is 0 Å². The van der Waals surface area contributed by atoms with Crippen molar-refractivity contribution in [2.45, 2.75) is 0 Å². The predicted octanol–water partition coefficient (Wildman–Crippen LogP) is 2.53. The van der Waals surface area contributed by atoms with Gasteiger partial charge in [0.05, 0.1) is 11.8 Å². The predicted molar refractivity (Wildman–Crippen MR) is 76.9 cm³/mol. The molecule has 21 heavy (non-hydrogen) atoms. The molecule has 0 bridgehead atoms. The van der Waals surface area contributed by atoms with Crippen LogP contribution in [0.2, 0.25) is 0 Å². The summed E-state index contributed by atoms with van der Waals surface area (Å²) in [5.74, 6) is 0.624. The van der Waals surface area contributed by atoms with Crippen LogP contribution < -0.4 is 10.6 Å². The van der Waals surface area contributed by atoms with E-state index in [0.29, 0.717) is 23.0 Å². The Kier molecular flexibility index (Phi) is 3.12. The lowest BCUT2D eigenvalue weighted by Gasteiger charge is -2.09. The van der Waals surface area contributed by atoms with Gasteiger partial charge in [0.15, 0.2) is 11.5 Å². The zero-order valence-electron chi connectivity index (χ0n) is 11.1. The molecule has 3 aromatic rings. The molecule has 2 N–H and O–H groups in total. The molecule has 1 aromatic carbocycles. The second kappa shape index (κ2) is 5.09. The molecule has 0 aliphatic rings. The Hall–Kier alpha value is -3.14. The summed E-state index contributed by atoms with van der Waals surface area (Å²) < 4.78 is 15.2. The first-order valence-corrected chi connectivity index (χ1v) is 6.19. The summed E-state index contributed by atoms with van der Waals surface area (Å²) in [7, 11) is 1.76. The minimum atomic E-state index is -0.550. The smallest absolute Gasteiger partial charge is 0.180 e. The average molecular weight is 282 g/mol. The maximum Gasteiger partial charge on any atom is 0.180 e. The molecule has 0 amide bonds. The van der Waals surface area contributed by atoms with Gasteiger partial charge in [-0.1, -0.05) is 0 Å². The lowest BCUT2D eigenvalue weighted by atomic mass is 10.2. The van der Waals surface area contributed by atoms with Crippen LogP contribution in [0.15, 0.2) is 36.8 Å². The third-order valence-corrected chi connectivity index (χ3v) is 2.98. The molecule has 0 aliphatic heterocycles. The molecule has 0 fully saturated rings. The number of benzene rings is 1. The van der Waals surface area contributed by atoms with Crippen LogP contribution in [0.25, 0.3) is 5.65 Å². The van der Waals surface area contributed by atoms with Crippen LogP contribution in [-0.4, -0.2) is 21.4 Å². The number of fused-ring (bicyclic) bond motifs is 1. The molecular formula is C14H11FN6. The minimum absolute atomic E-state index is 0.0240. The lowest BCUT2D eigenvalue weighted by molar-refractivity contribution is 0.624. The highest BCUT2D eigenvalue weighted by molar-refractivity contribution is 5.72. The average Bonchev–Trinajstić information content (AvgIpc) is 2.97. The van der Waals surface area contributed by atoms with Gasteiger partial charge < -0.3 is 15.0 Å². The fourth-order valence-electron chi connectivity index (χ4n) is 1.96. The van der Waals surface area contributed by atoms with Crippen LogP contribution >= 0.6 is 0 Å². The van der Waals surface area contributed by atoms with Crippen molar-refractivity contribution in [3.63, 3.8) is 0 Å². The highest BCUT2D eigenvalue weighted by Gasteiger charge is 2.09. The van der Waals surface area contributed by atoms with E-state index in [1.165, 1.54) is 12.1 Å². The normalized spacial score (nSPS) is 10.3. The second-order valence-corrected chi connectivity index (χ2v) is 4.31. The maximum atomic E-state index is 13.3. The SMILES string of the molecule is CNc1cn2ccnc2c(Nc2ccc(F)c(C#N)c2)n1. The van der Waals surface area contributed by atoms with Crippen molar-refractivity contribution in [3.05, 3.63) is 48.2 Å². The van der Waals surface area contributed by atoms with Crippen LogP contribution in [0.5, 0.6) is 0 Å². The van der Waals surface area contributed by atoms with Gasteiger partial charge in [0.25, 0.3) is 0 Å². The van der Waals surface area contributed by atoms with E-state index >= 15 is 0 Å². The quantitative estimate of drug-likeness (QED) is 0.771. The summed E-state index contributed by atoms with van der Waals surface area (Å²) in [6, 6.07) is 6.03. The number of hydrogen-bond donors (Lipinski definition) is 2. The second-order valence-electron chi connectivity index (χ2n) is 4.31. The van der Waals surface area contributed by atoms with Gasteiger partial charge in [0.1, 0.15) is 17.7 Å². The topological polar surface area (TPSA) is 78.0 Å². The van der Waals surface area contributed by atoms with Gasteiger partial charge in [-0.25, -0.2) is 14.4 Å². The van der Waals surface area contributed by atoms with Crippen molar-refractivity contribution in [3.8, 4) is 6.07 Å². The summed E-state index contributed by atoms with van der Waals surface area (Å²) in [6.07, 6.45) is 5.26. The molecule has 104 valence electrons. The lowest BCUT2D eigenvalue weighted by Crippen LogP contribution is -2.02. The first-order chi connectivity index (χ1) is 10.2. The fraction of sp³-hybridized carbons (Fsp3) is 0.0714. The van der Waals surface area contributed by atoms with Crippen molar-refractivity contribution >= 4 is 23.0 Å². The van der Waals surface area contributed by atoms with Gasteiger partial charge in [-0.2, -0.15) is 5.26 Å². The monoisotopic (exact) mass is 282 g/mol. The Balaban J connectivity index is 2.05. The Morgan fingerprint density at radius 3 is 3.00 bits per heavy atom. The van der Waals surface area contributed by atoms with Crippen molar-refractivity contribution < 1.29 is 4.39 Å². The third kappa shape index (κ3) is 2.34. The van der Waals surface area contributed by atoms with E-state index in [-0.39, 0.29) is 5.56 Å². The molecule has 7 heteroatoms. The van der Waals surface area contributed by atoms with Crippen molar-refractivity contribution in [2.24, 2.45) is 0 Å². The van der Waals surface area contributed by atoms with E-state index in [0.717, 1.165) is 0 Å². The van der Waals surface area contributed by atoms with E-state index in [1.807, 2.05) is 10.5 Å². The zero-order chi connectivity index (χ0) is 14.8. The number of rotatable bonds is 3. The highest BCUT2D eigenvalue weighted by atomic mass is 19.1. The van der Waals surface area contributed by atoms with Gasteiger partial charge in [0, 0.05) is 25.1 Å². The molecule has 0 radical (unpaired) electrons. The van der Waals surface area contributed by atoms with E-state index in [4.69, 9.17) is 5.26 Å². The molecule has 6 nitrogen and oxygen atoms in total. The van der Waals surface area contributed by atoms with Crippen molar-refractivity contribution in [1.29, 1.82) is 5.26 Å². The number of nitrogens with zero attached hydrogens (tertiary/aromatic N) is 4. The minimum Gasteiger partial charge on any atom is -0.372 e. The maximum absolute atomic E-state index is 13.3. The Labute approximate surface area is 119 Å². The van der Waals surface area contributed by atoms with Crippen LogP contribution in [0.4, 0.5) is 21.7 Å². The summed E-state index contributed by atoms with van der Waals surface area (Å²) in [4.78, 5) is 8.60. The van der Waals surface area contributed by atoms with Gasteiger partial charge in [-0.3, -0.25) is 0 Å². The Morgan fingerprint density at radius 2 is 2.24 bits per heavy atom. The first kappa shape index (κ1) is 12.9. The van der Waals surface area contributed by atoms with Gasteiger partial charge in [-0.05, 0) is 18.2 Å². The number of hydrogen-bond acceptors (Lipinski definition) is 5. The van der Waals surface area contributed by atoms with Crippen LogP contribution in [0, 0.1) is 17.1 Å². The summed E-state index contributed by atoms with van der Waals surface area (Å²) >= 11 is 0. The molecule has 0 saturated heterocycles. The number of nitrogens with one attached hydrogen (secondary N) is 2. The highest BCUT2D eigenvalue weighted by Crippen LogP contribution is 2.22. The standard InChI is InChI=1S/C14H11FN6/c1-17-12-8-21-5-4-18-14(21)13(20-12)19-10-2-3-11(15)9(6-10)7-16/h2-6,8,17H,1H3,(H,19,20). The molecule has 0 atom stereocenters. The molecule has 0 aliphatic carbocycles. The van der Waals surface area contributed by atoms with Crippen molar-refractivity contribution in [1.82, 2.24) is 14.4 Å². The Morgan fingerprint density at radius 1 is 1.38 bits per heavy atom. The zero-order valence-corrected chi connectivity index (χ0v) is 11.1. The molecule has 2 heterocycles. The largest absolute Gasteiger partial charge is 0.372 e. The van der Waals surface area contributed by atoms with E-state index in [2.05, 4.69) is 20.6 Å².